The van der Waals surface area contributed by atoms with Crippen molar-refractivity contribution >= 4 is 11.3 Å². The molecule has 1 atom stereocenters. The second-order valence-corrected chi connectivity index (χ2v) is 5.81. The van der Waals surface area contributed by atoms with Crippen molar-refractivity contribution in [2.75, 3.05) is 19.7 Å². The highest BCUT2D eigenvalue weighted by Crippen LogP contribution is 2.18. The van der Waals surface area contributed by atoms with Crippen LogP contribution in [0.15, 0.2) is 17.5 Å². The summed E-state index contributed by atoms with van der Waals surface area (Å²) in [5.74, 6) is 0. The van der Waals surface area contributed by atoms with Gasteiger partial charge in [0.15, 0.2) is 0 Å². The summed E-state index contributed by atoms with van der Waals surface area (Å²) in [5.41, 5.74) is 0. The zero-order chi connectivity index (χ0) is 11.9. The smallest absolute Gasteiger partial charge is 0.0587 e. The molecule has 2 heterocycles. The topological polar surface area (TPSA) is 12.5 Å². The third-order valence-electron chi connectivity index (χ3n) is 3.28. The van der Waals surface area contributed by atoms with Gasteiger partial charge in [0, 0.05) is 24.6 Å². The molecule has 96 valence electrons. The van der Waals surface area contributed by atoms with Gasteiger partial charge in [-0.2, -0.15) is 0 Å². The lowest BCUT2D eigenvalue weighted by atomic mass is 10.2. The molecule has 1 unspecified atom stereocenters. The van der Waals surface area contributed by atoms with Crippen molar-refractivity contribution in [3.05, 3.63) is 22.4 Å². The predicted molar refractivity (Wildman–Crippen MR) is 73.5 cm³/mol. The van der Waals surface area contributed by atoms with Gasteiger partial charge in [0.1, 0.15) is 0 Å². The van der Waals surface area contributed by atoms with E-state index in [1.54, 1.807) is 0 Å². The van der Waals surface area contributed by atoms with Crippen molar-refractivity contribution in [1.29, 1.82) is 0 Å². The molecule has 1 aromatic heterocycles. The third kappa shape index (κ3) is 4.41. The first-order chi connectivity index (χ1) is 8.38. The third-order valence-corrected chi connectivity index (χ3v) is 4.15. The Labute approximate surface area is 109 Å². The van der Waals surface area contributed by atoms with Gasteiger partial charge < -0.3 is 4.74 Å². The van der Waals surface area contributed by atoms with Crippen LogP contribution in [0.2, 0.25) is 0 Å². The number of likely N-dealkylation sites (tertiary alicyclic amines) is 1. The fourth-order valence-corrected chi connectivity index (χ4v) is 3.10. The summed E-state index contributed by atoms with van der Waals surface area (Å²) in [4.78, 5) is 4.05. The first kappa shape index (κ1) is 13.1. The fraction of sp³-hybridized carbons (Fsp3) is 0.714. The molecule has 0 N–H and O–H groups in total. The molecule has 0 bridgehead atoms. The van der Waals surface area contributed by atoms with E-state index in [1.165, 1.54) is 37.2 Å². The Morgan fingerprint density at radius 3 is 3.12 bits per heavy atom. The van der Waals surface area contributed by atoms with Gasteiger partial charge >= 0.3 is 0 Å². The van der Waals surface area contributed by atoms with Crippen LogP contribution in [-0.2, 0) is 11.3 Å². The van der Waals surface area contributed by atoms with Crippen LogP contribution in [-0.4, -0.2) is 30.7 Å². The van der Waals surface area contributed by atoms with Crippen molar-refractivity contribution in [1.82, 2.24) is 4.90 Å². The highest BCUT2D eigenvalue weighted by molar-refractivity contribution is 7.09. The van der Waals surface area contributed by atoms with Gasteiger partial charge in [-0.1, -0.05) is 13.0 Å². The van der Waals surface area contributed by atoms with Crippen LogP contribution in [0.5, 0.6) is 0 Å². The number of nitrogens with zero attached hydrogens (tertiary/aromatic N) is 1. The Balaban J connectivity index is 1.75. The molecular weight excluding hydrogens is 230 g/mol. The van der Waals surface area contributed by atoms with Crippen molar-refractivity contribution in [3.63, 3.8) is 0 Å². The van der Waals surface area contributed by atoms with E-state index in [9.17, 15) is 0 Å². The average molecular weight is 253 g/mol. The molecule has 0 amide bonds. The SMILES string of the molecule is CCCOC1CCCN(Cc2cccs2)CC1. The zero-order valence-electron chi connectivity index (χ0n) is 10.7. The molecule has 2 rings (SSSR count). The van der Waals surface area contributed by atoms with Gasteiger partial charge in [0.2, 0.25) is 0 Å². The summed E-state index contributed by atoms with van der Waals surface area (Å²) in [5, 5.41) is 2.17. The number of rotatable bonds is 5. The minimum atomic E-state index is 0.503. The largest absolute Gasteiger partial charge is 0.378 e. The van der Waals surface area contributed by atoms with Crippen LogP contribution in [0, 0.1) is 0 Å². The van der Waals surface area contributed by atoms with Crippen LogP contribution in [0.4, 0.5) is 0 Å². The molecule has 3 heteroatoms. The van der Waals surface area contributed by atoms with E-state index in [2.05, 4.69) is 29.3 Å². The van der Waals surface area contributed by atoms with Crippen LogP contribution in [0.1, 0.15) is 37.5 Å². The first-order valence-corrected chi connectivity index (χ1v) is 7.63. The lowest BCUT2D eigenvalue weighted by molar-refractivity contribution is 0.0437. The van der Waals surface area contributed by atoms with Gasteiger partial charge in [-0.05, 0) is 43.7 Å². The first-order valence-electron chi connectivity index (χ1n) is 6.75. The standard InChI is InChI=1S/C14H23NOS/c1-2-10-16-13-5-3-8-15(9-7-13)12-14-6-4-11-17-14/h4,6,11,13H,2-3,5,7-10,12H2,1H3. The zero-order valence-corrected chi connectivity index (χ0v) is 11.5. The van der Waals surface area contributed by atoms with Crippen LogP contribution < -0.4 is 0 Å². The number of ether oxygens (including phenoxy) is 1. The molecule has 1 aliphatic rings. The molecule has 1 aromatic rings. The highest BCUT2D eigenvalue weighted by atomic mass is 32.1. The van der Waals surface area contributed by atoms with E-state index in [1.807, 2.05) is 11.3 Å². The highest BCUT2D eigenvalue weighted by Gasteiger charge is 2.17. The molecule has 0 aromatic carbocycles. The quantitative estimate of drug-likeness (QED) is 0.796. The van der Waals surface area contributed by atoms with Gasteiger partial charge in [-0.3, -0.25) is 4.90 Å². The van der Waals surface area contributed by atoms with Crippen molar-refractivity contribution in [3.8, 4) is 0 Å². The van der Waals surface area contributed by atoms with Crippen LogP contribution in [0.25, 0.3) is 0 Å². The lowest BCUT2D eigenvalue weighted by Crippen LogP contribution is -2.24. The van der Waals surface area contributed by atoms with E-state index >= 15 is 0 Å². The monoisotopic (exact) mass is 253 g/mol. The summed E-state index contributed by atoms with van der Waals surface area (Å²) in [6.45, 7) is 6.64. The van der Waals surface area contributed by atoms with Gasteiger partial charge in [0.05, 0.1) is 6.10 Å². The van der Waals surface area contributed by atoms with Crippen molar-refractivity contribution < 1.29 is 4.74 Å². The summed E-state index contributed by atoms with van der Waals surface area (Å²) >= 11 is 1.87. The van der Waals surface area contributed by atoms with Crippen molar-refractivity contribution in [2.24, 2.45) is 0 Å². The van der Waals surface area contributed by atoms with Gasteiger partial charge in [-0.15, -0.1) is 11.3 Å². The summed E-state index contributed by atoms with van der Waals surface area (Å²) in [7, 11) is 0. The maximum absolute atomic E-state index is 5.87. The summed E-state index contributed by atoms with van der Waals surface area (Å²) in [6, 6.07) is 4.38. The second-order valence-electron chi connectivity index (χ2n) is 4.78. The minimum Gasteiger partial charge on any atom is -0.378 e. The minimum absolute atomic E-state index is 0.503. The molecule has 0 saturated carbocycles. The van der Waals surface area contributed by atoms with E-state index < -0.39 is 0 Å². The Morgan fingerprint density at radius 2 is 2.35 bits per heavy atom. The Morgan fingerprint density at radius 1 is 1.41 bits per heavy atom. The number of hydrogen-bond donors (Lipinski definition) is 0. The maximum atomic E-state index is 5.87. The molecule has 0 spiro atoms. The number of thiophene rings is 1. The molecule has 1 fully saturated rings. The van der Waals surface area contributed by atoms with Crippen molar-refractivity contribution in [2.45, 2.75) is 45.3 Å². The normalized spacial score (nSPS) is 22.5. The summed E-state index contributed by atoms with van der Waals surface area (Å²) in [6.07, 6.45) is 5.35. The Kier molecular flexibility index (Phi) is 5.49. The van der Waals surface area contributed by atoms with Crippen LogP contribution in [0.3, 0.4) is 0 Å². The molecule has 17 heavy (non-hydrogen) atoms. The van der Waals surface area contributed by atoms with E-state index in [0.717, 1.165) is 19.6 Å². The number of hydrogen-bond acceptors (Lipinski definition) is 3. The predicted octanol–water partition coefficient (Wildman–Crippen LogP) is 3.53. The average Bonchev–Trinajstić information content (AvgIpc) is 2.74. The molecule has 0 aliphatic carbocycles. The molecule has 0 radical (unpaired) electrons. The van der Waals surface area contributed by atoms with E-state index in [-0.39, 0.29) is 0 Å². The fourth-order valence-electron chi connectivity index (χ4n) is 2.36. The van der Waals surface area contributed by atoms with E-state index in [0.29, 0.717) is 6.10 Å². The Bertz CT molecular complexity index is 299. The second kappa shape index (κ2) is 7.14. The van der Waals surface area contributed by atoms with Crippen LogP contribution >= 0.6 is 11.3 Å². The van der Waals surface area contributed by atoms with Gasteiger partial charge in [-0.25, -0.2) is 0 Å². The molecular formula is C14H23NOS. The maximum Gasteiger partial charge on any atom is 0.0587 e. The Hall–Kier alpha value is -0.380. The molecule has 2 nitrogen and oxygen atoms in total. The lowest BCUT2D eigenvalue weighted by Gasteiger charge is -2.19. The molecule has 1 saturated heterocycles. The van der Waals surface area contributed by atoms with Gasteiger partial charge in [0.25, 0.3) is 0 Å². The summed E-state index contributed by atoms with van der Waals surface area (Å²) < 4.78 is 5.87. The molecule has 1 aliphatic heterocycles. The van der Waals surface area contributed by atoms with E-state index in [4.69, 9.17) is 4.74 Å².